The van der Waals surface area contributed by atoms with Crippen LogP contribution in [-0.4, -0.2) is 20.4 Å². The third-order valence-electron chi connectivity index (χ3n) is 3.87. The van der Waals surface area contributed by atoms with Crippen molar-refractivity contribution in [3.63, 3.8) is 0 Å². The molecular weight excluding hydrogens is 408 g/mol. The van der Waals surface area contributed by atoms with Crippen LogP contribution >= 0.6 is 0 Å². The summed E-state index contributed by atoms with van der Waals surface area (Å²) in [6.07, 6.45) is -0.752. The highest BCUT2D eigenvalue weighted by molar-refractivity contribution is 7.92. The number of carbonyl (C=O) groups excluding carboxylic acids is 2. The molecule has 30 heavy (non-hydrogen) atoms. The molecule has 9 nitrogen and oxygen atoms in total. The van der Waals surface area contributed by atoms with E-state index in [-0.39, 0.29) is 21.8 Å². The second kappa shape index (κ2) is 9.07. The van der Waals surface area contributed by atoms with Crippen molar-refractivity contribution in [2.45, 2.75) is 4.90 Å². The van der Waals surface area contributed by atoms with Crippen molar-refractivity contribution in [3.8, 4) is 5.75 Å². The molecule has 3 rings (SSSR count). The van der Waals surface area contributed by atoms with E-state index >= 15 is 0 Å². The Morgan fingerprint density at radius 1 is 0.833 bits per heavy atom. The number of benzene rings is 3. The van der Waals surface area contributed by atoms with Gasteiger partial charge in [-0.15, -0.1) is 0 Å². The Labute approximate surface area is 172 Å². The Bertz CT molecular complexity index is 1150. The van der Waals surface area contributed by atoms with Gasteiger partial charge >= 0.3 is 6.09 Å². The third-order valence-corrected chi connectivity index (χ3v) is 5.25. The number of nitrogens with one attached hydrogen (secondary N) is 3. The van der Waals surface area contributed by atoms with Crippen molar-refractivity contribution in [3.05, 3.63) is 84.4 Å². The third kappa shape index (κ3) is 5.34. The van der Waals surface area contributed by atoms with Gasteiger partial charge in [-0.2, -0.15) is 0 Å². The van der Waals surface area contributed by atoms with Crippen LogP contribution in [0.1, 0.15) is 10.4 Å². The van der Waals surface area contributed by atoms with Gasteiger partial charge in [-0.05, 0) is 54.6 Å². The van der Waals surface area contributed by atoms with E-state index in [1.54, 1.807) is 30.3 Å². The number of sulfonamides is 1. The molecule has 0 saturated heterocycles. The van der Waals surface area contributed by atoms with E-state index in [2.05, 4.69) is 10.0 Å². The van der Waals surface area contributed by atoms with E-state index in [0.29, 0.717) is 5.75 Å². The molecule has 0 aliphatic heterocycles. The van der Waals surface area contributed by atoms with Gasteiger partial charge in [0.15, 0.2) is 0 Å². The van der Waals surface area contributed by atoms with Crippen LogP contribution in [0.5, 0.6) is 5.75 Å². The van der Waals surface area contributed by atoms with Crippen molar-refractivity contribution in [1.29, 1.82) is 0 Å². The van der Waals surface area contributed by atoms with Gasteiger partial charge in [0.25, 0.3) is 15.9 Å². The van der Waals surface area contributed by atoms with Crippen LogP contribution in [0.25, 0.3) is 0 Å². The second-order valence-corrected chi connectivity index (χ2v) is 7.69. The summed E-state index contributed by atoms with van der Waals surface area (Å²) >= 11 is 0. The number of hydrogen-bond donors (Lipinski definition) is 4. The molecule has 0 bridgehead atoms. The summed E-state index contributed by atoms with van der Waals surface area (Å²) in [4.78, 5) is 23.4. The van der Waals surface area contributed by atoms with E-state index in [4.69, 9.17) is 10.6 Å². The second-order valence-electron chi connectivity index (χ2n) is 6.01. The summed E-state index contributed by atoms with van der Waals surface area (Å²) in [6, 6.07) is 19.9. The maximum Gasteiger partial charge on any atom is 0.417 e. The lowest BCUT2D eigenvalue weighted by molar-refractivity contribution is 0.0953. The van der Waals surface area contributed by atoms with Crippen LogP contribution in [0.3, 0.4) is 0 Å². The lowest BCUT2D eigenvalue weighted by Gasteiger charge is -2.11. The molecule has 0 unspecified atom stereocenters. The number of amides is 2. The fourth-order valence-corrected chi connectivity index (χ4v) is 3.57. The average Bonchev–Trinajstić information content (AvgIpc) is 2.74. The van der Waals surface area contributed by atoms with Crippen LogP contribution < -0.4 is 26.0 Å². The zero-order chi connectivity index (χ0) is 21.6. The molecule has 0 radical (unpaired) electrons. The minimum Gasteiger partial charge on any atom is -0.410 e. The molecule has 0 atom stereocenters. The molecule has 3 aromatic rings. The first-order chi connectivity index (χ1) is 14.4. The predicted octanol–water partition coefficient (Wildman–Crippen LogP) is 2.70. The molecular formula is C20H18N4O5S. The van der Waals surface area contributed by atoms with Crippen molar-refractivity contribution in [1.82, 2.24) is 5.43 Å². The van der Waals surface area contributed by atoms with Crippen LogP contribution in [0.15, 0.2) is 83.8 Å². The topological polar surface area (TPSA) is 140 Å². The first-order valence-corrected chi connectivity index (χ1v) is 10.1. The quantitative estimate of drug-likeness (QED) is 0.271. The zero-order valence-corrected chi connectivity index (χ0v) is 16.3. The van der Waals surface area contributed by atoms with Crippen molar-refractivity contribution >= 4 is 33.4 Å². The number of nitrogen functional groups attached to an aromatic ring is 1. The number of nitrogens with two attached hydrogens (primary N) is 1. The fourth-order valence-electron chi connectivity index (χ4n) is 2.47. The molecule has 10 heteroatoms. The van der Waals surface area contributed by atoms with Crippen LogP contribution in [-0.2, 0) is 10.0 Å². The van der Waals surface area contributed by atoms with E-state index in [1.807, 2.05) is 5.43 Å². The van der Waals surface area contributed by atoms with Gasteiger partial charge in [0, 0.05) is 16.9 Å². The van der Waals surface area contributed by atoms with Gasteiger partial charge < -0.3 is 4.74 Å². The van der Waals surface area contributed by atoms with Gasteiger partial charge in [-0.25, -0.2) is 19.1 Å². The van der Waals surface area contributed by atoms with Crippen LogP contribution in [0.4, 0.5) is 16.2 Å². The highest BCUT2D eigenvalue weighted by atomic mass is 32.2. The standard InChI is InChI=1S/C20H18N4O5S/c21-23-19(25)14-9-11-15(12-10-14)24-30(27,28)18-8-4-5-16(13-18)22-20(26)29-17-6-2-1-3-7-17/h1-13,24H,21H2,(H,22,26)(H,23,25). The number of carbonyl (C=O) groups is 2. The fraction of sp³-hybridized carbons (Fsp3) is 0. The Kier molecular flexibility index (Phi) is 6.30. The number of ether oxygens (including phenoxy) is 1. The monoisotopic (exact) mass is 426 g/mol. The largest absolute Gasteiger partial charge is 0.417 e. The van der Waals surface area contributed by atoms with Crippen LogP contribution in [0.2, 0.25) is 0 Å². The van der Waals surface area contributed by atoms with Crippen LogP contribution in [0, 0.1) is 0 Å². The maximum atomic E-state index is 12.7. The molecule has 2 amide bonds. The van der Waals surface area contributed by atoms with Gasteiger partial charge in [0.05, 0.1) is 4.90 Å². The molecule has 154 valence electrons. The summed E-state index contributed by atoms with van der Waals surface area (Å²) in [5.74, 6) is 4.92. The summed E-state index contributed by atoms with van der Waals surface area (Å²) < 4.78 is 32.8. The summed E-state index contributed by atoms with van der Waals surface area (Å²) in [7, 11) is -3.94. The van der Waals surface area contributed by atoms with Crippen molar-refractivity contribution in [2.24, 2.45) is 5.84 Å². The Hall–Kier alpha value is -3.89. The molecule has 5 N–H and O–H groups in total. The number of hydrogen-bond acceptors (Lipinski definition) is 6. The number of para-hydroxylation sites is 1. The summed E-state index contributed by atoms with van der Waals surface area (Å²) in [5.41, 5.74) is 2.77. The molecule has 3 aromatic carbocycles. The van der Waals surface area contributed by atoms with Gasteiger partial charge in [-0.1, -0.05) is 24.3 Å². The molecule has 0 heterocycles. The highest BCUT2D eigenvalue weighted by Crippen LogP contribution is 2.20. The van der Waals surface area contributed by atoms with E-state index in [0.717, 1.165) is 0 Å². The smallest absolute Gasteiger partial charge is 0.410 e. The predicted molar refractivity (Wildman–Crippen MR) is 111 cm³/mol. The normalized spacial score (nSPS) is 10.7. The minimum atomic E-state index is -3.94. The van der Waals surface area contributed by atoms with E-state index < -0.39 is 22.0 Å². The molecule has 0 aliphatic rings. The van der Waals surface area contributed by atoms with Gasteiger partial charge in [0.1, 0.15) is 5.75 Å². The van der Waals surface area contributed by atoms with Crippen molar-refractivity contribution in [2.75, 3.05) is 10.0 Å². The number of anilines is 2. The minimum absolute atomic E-state index is 0.0659. The molecule has 0 aromatic heterocycles. The molecule has 0 saturated carbocycles. The Balaban J connectivity index is 1.70. The lowest BCUT2D eigenvalue weighted by Crippen LogP contribution is -2.29. The van der Waals surface area contributed by atoms with E-state index in [9.17, 15) is 18.0 Å². The zero-order valence-electron chi connectivity index (χ0n) is 15.5. The molecule has 0 aliphatic carbocycles. The first kappa shape index (κ1) is 20.8. The maximum absolute atomic E-state index is 12.7. The van der Waals surface area contributed by atoms with E-state index in [1.165, 1.54) is 48.5 Å². The number of hydrazine groups is 1. The molecule has 0 fully saturated rings. The van der Waals surface area contributed by atoms with Gasteiger partial charge in [0.2, 0.25) is 0 Å². The SMILES string of the molecule is NNC(=O)c1ccc(NS(=O)(=O)c2cccc(NC(=O)Oc3ccccc3)c2)cc1. The Morgan fingerprint density at radius 2 is 1.53 bits per heavy atom. The summed E-state index contributed by atoms with van der Waals surface area (Å²) in [5, 5.41) is 2.48. The summed E-state index contributed by atoms with van der Waals surface area (Å²) in [6.45, 7) is 0. The number of rotatable bonds is 6. The lowest BCUT2D eigenvalue weighted by atomic mass is 10.2. The Morgan fingerprint density at radius 3 is 2.20 bits per heavy atom. The van der Waals surface area contributed by atoms with Gasteiger partial charge in [-0.3, -0.25) is 20.3 Å². The molecule has 0 spiro atoms. The highest BCUT2D eigenvalue weighted by Gasteiger charge is 2.16. The average molecular weight is 426 g/mol. The van der Waals surface area contributed by atoms with Crippen molar-refractivity contribution < 1.29 is 22.7 Å². The first-order valence-electron chi connectivity index (χ1n) is 8.65.